The van der Waals surface area contributed by atoms with Crippen LogP contribution in [0.15, 0.2) is 30.4 Å². The van der Waals surface area contributed by atoms with Gasteiger partial charge in [-0.15, -0.1) is 0 Å². The van der Waals surface area contributed by atoms with Crippen LogP contribution >= 0.6 is 0 Å². The minimum atomic E-state index is -0.431. The SMILES string of the molecule is CCC(C1CCCN1)N(c1ccc(OC)c(F)c1)c1nc(N)nc(NC2CC=CCCC2)n1. The number of rotatable bonds is 8. The maximum Gasteiger partial charge on any atom is 0.236 e. The lowest BCUT2D eigenvalue weighted by atomic mass is 10.0. The Kier molecular flexibility index (Phi) is 7.59. The summed E-state index contributed by atoms with van der Waals surface area (Å²) < 4.78 is 19.8. The fourth-order valence-corrected chi connectivity index (χ4v) is 4.79. The fraction of sp³-hybridized carbons (Fsp3) is 0.542. The molecule has 4 rings (SSSR count). The molecule has 2 aromatic rings. The van der Waals surface area contributed by atoms with Crippen LogP contribution in [-0.2, 0) is 0 Å². The number of benzene rings is 1. The molecular formula is C24H34FN7O. The van der Waals surface area contributed by atoms with Gasteiger partial charge in [0, 0.05) is 23.8 Å². The number of methoxy groups -OCH3 is 1. The van der Waals surface area contributed by atoms with Gasteiger partial charge >= 0.3 is 0 Å². The molecule has 1 aromatic carbocycles. The van der Waals surface area contributed by atoms with Gasteiger partial charge in [0.1, 0.15) is 0 Å². The molecule has 3 unspecified atom stereocenters. The van der Waals surface area contributed by atoms with Crippen LogP contribution in [0.4, 0.5) is 27.9 Å². The van der Waals surface area contributed by atoms with Crippen molar-refractivity contribution in [1.29, 1.82) is 0 Å². The molecule has 0 bridgehead atoms. The van der Waals surface area contributed by atoms with Crippen LogP contribution < -0.4 is 26.0 Å². The van der Waals surface area contributed by atoms with Crippen molar-refractivity contribution in [2.75, 3.05) is 29.6 Å². The summed E-state index contributed by atoms with van der Waals surface area (Å²) in [6.45, 7) is 3.09. The van der Waals surface area contributed by atoms with E-state index in [9.17, 15) is 4.39 Å². The van der Waals surface area contributed by atoms with Crippen molar-refractivity contribution in [3.63, 3.8) is 0 Å². The Hall–Kier alpha value is -2.94. The van der Waals surface area contributed by atoms with Crippen molar-refractivity contribution in [1.82, 2.24) is 20.3 Å². The van der Waals surface area contributed by atoms with Crippen molar-refractivity contribution < 1.29 is 9.13 Å². The number of ether oxygens (including phenoxy) is 1. The second-order valence-electron chi connectivity index (χ2n) is 8.66. The van der Waals surface area contributed by atoms with Gasteiger partial charge in [-0.25, -0.2) is 4.39 Å². The van der Waals surface area contributed by atoms with E-state index in [1.54, 1.807) is 6.07 Å². The summed E-state index contributed by atoms with van der Waals surface area (Å²) in [7, 11) is 1.46. The molecule has 0 radical (unpaired) electrons. The Balaban J connectivity index is 1.72. The maximum absolute atomic E-state index is 14.7. The Bertz CT molecular complexity index is 964. The predicted octanol–water partition coefficient (Wildman–Crippen LogP) is 4.18. The zero-order chi connectivity index (χ0) is 23.2. The highest BCUT2D eigenvalue weighted by molar-refractivity contribution is 5.62. The number of nitrogen functional groups attached to an aromatic ring is 1. The first-order valence-corrected chi connectivity index (χ1v) is 11.9. The Labute approximate surface area is 194 Å². The van der Waals surface area contributed by atoms with E-state index < -0.39 is 5.82 Å². The summed E-state index contributed by atoms with van der Waals surface area (Å²) in [6, 6.07) is 5.44. The molecule has 1 fully saturated rings. The van der Waals surface area contributed by atoms with Crippen molar-refractivity contribution in [3.8, 4) is 5.75 Å². The number of aromatic nitrogens is 3. The largest absolute Gasteiger partial charge is 0.494 e. The number of nitrogens with zero attached hydrogens (tertiary/aromatic N) is 4. The van der Waals surface area contributed by atoms with Crippen molar-refractivity contribution in [3.05, 3.63) is 36.2 Å². The number of allylic oxidation sites excluding steroid dienone is 1. The molecule has 1 aliphatic heterocycles. The standard InChI is InChI=1S/C24H34FN7O/c1-3-20(19-11-8-14-27-19)32(17-12-13-21(33-2)18(25)15-17)24-30-22(26)29-23(31-24)28-16-9-6-4-5-7-10-16/h4,6,12-13,15-16,19-20,27H,3,5,7-11,14H2,1-2H3,(H3,26,28,29,30,31). The van der Waals surface area contributed by atoms with E-state index in [4.69, 9.17) is 15.5 Å². The summed E-state index contributed by atoms with van der Waals surface area (Å²) in [5.41, 5.74) is 6.78. The summed E-state index contributed by atoms with van der Waals surface area (Å²) in [4.78, 5) is 15.6. The van der Waals surface area contributed by atoms with Gasteiger partial charge in [-0.05, 0) is 63.6 Å². The second-order valence-corrected chi connectivity index (χ2v) is 8.66. The Morgan fingerprint density at radius 1 is 1.24 bits per heavy atom. The van der Waals surface area contributed by atoms with Crippen LogP contribution in [0.1, 0.15) is 51.9 Å². The zero-order valence-electron chi connectivity index (χ0n) is 19.4. The molecule has 2 heterocycles. The van der Waals surface area contributed by atoms with Gasteiger partial charge in [-0.1, -0.05) is 19.1 Å². The average molecular weight is 456 g/mol. The van der Waals surface area contributed by atoms with Gasteiger partial charge in [-0.2, -0.15) is 15.0 Å². The lowest BCUT2D eigenvalue weighted by Crippen LogP contribution is -2.46. The van der Waals surface area contributed by atoms with Crippen molar-refractivity contribution in [2.24, 2.45) is 0 Å². The van der Waals surface area contributed by atoms with E-state index >= 15 is 0 Å². The van der Waals surface area contributed by atoms with Crippen molar-refractivity contribution >= 4 is 23.5 Å². The number of nitrogens with one attached hydrogen (secondary N) is 2. The monoisotopic (exact) mass is 455 g/mol. The third-order valence-corrected chi connectivity index (χ3v) is 6.43. The molecule has 8 nitrogen and oxygen atoms in total. The normalized spacial score (nSPS) is 21.4. The number of halogens is 1. The Morgan fingerprint density at radius 3 is 2.85 bits per heavy atom. The number of hydrogen-bond donors (Lipinski definition) is 3. The molecule has 0 spiro atoms. The highest BCUT2D eigenvalue weighted by atomic mass is 19.1. The van der Waals surface area contributed by atoms with Crippen LogP contribution in [-0.4, -0.2) is 46.7 Å². The zero-order valence-corrected chi connectivity index (χ0v) is 19.4. The summed E-state index contributed by atoms with van der Waals surface area (Å²) in [5, 5.41) is 7.02. The predicted molar refractivity (Wildman–Crippen MR) is 129 cm³/mol. The summed E-state index contributed by atoms with van der Waals surface area (Å²) in [5.74, 6) is 0.773. The second kappa shape index (κ2) is 10.8. The van der Waals surface area contributed by atoms with Crippen molar-refractivity contribution in [2.45, 2.75) is 70.0 Å². The first-order valence-electron chi connectivity index (χ1n) is 11.9. The quantitative estimate of drug-likeness (QED) is 0.510. The molecule has 178 valence electrons. The van der Waals surface area contributed by atoms with E-state index in [1.165, 1.54) is 13.2 Å². The first-order chi connectivity index (χ1) is 16.1. The molecule has 3 atom stereocenters. The Morgan fingerprint density at radius 2 is 2.12 bits per heavy atom. The summed E-state index contributed by atoms with van der Waals surface area (Å²) >= 11 is 0. The maximum atomic E-state index is 14.7. The molecule has 9 heteroatoms. The molecule has 4 N–H and O–H groups in total. The minimum absolute atomic E-state index is 0.0239. The lowest BCUT2D eigenvalue weighted by Gasteiger charge is -2.35. The van der Waals surface area contributed by atoms with E-state index in [0.29, 0.717) is 17.6 Å². The molecule has 1 aromatic heterocycles. The average Bonchev–Trinajstić information content (AvgIpc) is 3.21. The van der Waals surface area contributed by atoms with Crippen LogP contribution in [0, 0.1) is 5.82 Å². The third-order valence-electron chi connectivity index (χ3n) is 6.43. The van der Waals surface area contributed by atoms with E-state index in [-0.39, 0.29) is 29.8 Å². The van der Waals surface area contributed by atoms with Gasteiger partial charge in [-0.3, -0.25) is 0 Å². The van der Waals surface area contributed by atoms with Gasteiger partial charge in [0.25, 0.3) is 0 Å². The van der Waals surface area contributed by atoms with Gasteiger partial charge in [0.05, 0.1) is 13.2 Å². The number of hydrogen-bond acceptors (Lipinski definition) is 8. The van der Waals surface area contributed by atoms with Crippen LogP contribution in [0.3, 0.4) is 0 Å². The van der Waals surface area contributed by atoms with E-state index in [2.05, 4.69) is 39.7 Å². The molecular weight excluding hydrogens is 421 g/mol. The van der Waals surface area contributed by atoms with Crippen LogP contribution in [0.5, 0.6) is 5.75 Å². The molecule has 0 amide bonds. The molecule has 1 saturated heterocycles. The molecule has 1 aliphatic carbocycles. The lowest BCUT2D eigenvalue weighted by molar-refractivity contribution is 0.386. The first kappa shape index (κ1) is 23.2. The molecule has 0 saturated carbocycles. The molecule has 33 heavy (non-hydrogen) atoms. The number of nitrogens with two attached hydrogens (primary N) is 1. The van der Waals surface area contributed by atoms with Gasteiger partial charge in [0.2, 0.25) is 17.8 Å². The fourth-order valence-electron chi connectivity index (χ4n) is 4.79. The van der Waals surface area contributed by atoms with E-state index in [0.717, 1.165) is 51.5 Å². The number of anilines is 4. The van der Waals surface area contributed by atoms with Crippen LogP contribution in [0.2, 0.25) is 0 Å². The van der Waals surface area contributed by atoms with Crippen LogP contribution in [0.25, 0.3) is 0 Å². The summed E-state index contributed by atoms with van der Waals surface area (Å²) in [6.07, 6.45) is 11.5. The van der Waals surface area contributed by atoms with Gasteiger partial charge in [0.15, 0.2) is 11.6 Å². The highest BCUT2D eigenvalue weighted by Crippen LogP contribution is 2.33. The van der Waals surface area contributed by atoms with E-state index in [1.807, 2.05) is 11.0 Å². The smallest absolute Gasteiger partial charge is 0.236 e. The highest BCUT2D eigenvalue weighted by Gasteiger charge is 2.32. The topological polar surface area (TPSA) is 101 Å². The minimum Gasteiger partial charge on any atom is -0.494 e. The third kappa shape index (κ3) is 5.52. The van der Waals surface area contributed by atoms with Gasteiger partial charge < -0.3 is 26.0 Å². The molecule has 2 aliphatic rings.